The fourth-order valence-corrected chi connectivity index (χ4v) is 3.22. The minimum Gasteiger partial charge on any atom is -0.387 e. The lowest BCUT2D eigenvalue weighted by Crippen LogP contribution is -2.41. The lowest BCUT2D eigenvalue weighted by Gasteiger charge is -2.32. The van der Waals surface area contributed by atoms with Crippen molar-refractivity contribution in [2.75, 3.05) is 33.2 Å². The summed E-state index contributed by atoms with van der Waals surface area (Å²) in [5.41, 5.74) is 3.59. The van der Waals surface area contributed by atoms with Crippen molar-refractivity contribution in [1.29, 1.82) is 0 Å². The Bertz CT molecular complexity index is 461. The Hall–Kier alpha value is -0.900. The molecule has 1 fully saturated rings. The molecule has 1 heterocycles. The fraction of sp³-hybridized carbons (Fsp3) is 0.667. The number of aliphatic hydroxyl groups excluding tert-OH is 1. The molecule has 21 heavy (non-hydrogen) atoms. The average molecular weight is 290 g/mol. The van der Waals surface area contributed by atoms with Gasteiger partial charge in [0.1, 0.15) is 0 Å². The molecule has 1 aliphatic heterocycles. The van der Waals surface area contributed by atoms with Gasteiger partial charge in [-0.15, -0.1) is 0 Å². The zero-order valence-electron chi connectivity index (χ0n) is 14.0. The molecule has 0 aromatic heterocycles. The lowest BCUT2D eigenvalue weighted by atomic mass is 10.0. The van der Waals surface area contributed by atoms with E-state index in [1.807, 2.05) is 0 Å². The molecule has 0 saturated carbocycles. The first-order chi connectivity index (χ1) is 10.0. The number of rotatable bonds is 4. The number of hydrogen-bond donors (Lipinski definition) is 1. The molecule has 0 spiro atoms. The van der Waals surface area contributed by atoms with E-state index in [0.717, 1.165) is 38.2 Å². The van der Waals surface area contributed by atoms with Gasteiger partial charge in [0.2, 0.25) is 0 Å². The van der Waals surface area contributed by atoms with Crippen LogP contribution in [0.2, 0.25) is 0 Å². The van der Waals surface area contributed by atoms with Crippen LogP contribution in [-0.2, 0) is 0 Å². The summed E-state index contributed by atoms with van der Waals surface area (Å²) in [5, 5.41) is 10.6. The molecule has 2 unspecified atom stereocenters. The van der Waals surface area contributed by atoms with Gasteiger partial charge >= 0.3 is 0 Å². The summed E-state index contributed by atoms with van der Waals surface area (Å²) in [7, 11) is 2.20. The molecule has 0 bridgehead atoms. The molecule has 2 atom stereocenters. The predicted octanol–water partition coefficient (Wildman–Crippen LogP) is 2.75. The van der Waals surface area contributed by atoms with Crippen molar-refractivity contribution in [2.45, 2.75) is 45.8 Å². The number of hydrogen-bond acceptors (Lipinski definition) is 3. The monoisotopic (exact) mass is 290 g/mol. The molecule has 1 aromatic rings. The van der Waals surface area contributed by atoms with Crippen molar-refractivity contribution in [2.24, 2.45) is 0 Å². The zero-order valence-corrected chi connectivity index (χ0v) is 14.0. The van der Waals surface area contributed by atoms with Gasteiger partial charge in [0.05, 0.1) is 6.10 Å². The normalized spacial score (nSPS) is 23.0. The van der Waals surface area contributed by atoms with Crippen molar-refractivity contribution in [3.8, 4) is 0 Å². The van der Waals surface area contributed by atoms with Crippen LogP contribution in [0.1, 0.15) is 42.6 Å². The number of aryl methyl sites for hydroxylation is 2. The van der Waals surface area contributed by atoms with Crippen LogP contribution < -0.4 is 0 Å². The van der Waals surface area contributed by atoms with Gasteiger partial charge in [0, 0.05) is 19.1 Å². The second-order valence-corrected chi connectivity index (χ2v) is 6.53. The SMILES string of the molecule is CCC1CN(C)CCCN1CC(O)c1ccc(C)c(C)c1. The summed E-state index contributed by atoms with van der Waals surface area (Å²) in [6.45, 7) is 10.6. The minimum atomic E-state index is -0.387. The van der Waals surface area contributed by atoms with E-state index in [1.54, 1.807) is 0 Å². The van der Waals surface area contributed by atoms with E-state index in [4.69, 9.17) is 0 Å². The summed E-state index contributed by atoms with van der Waals surface area (Å²) in [6, 6.07) is 6.86. The van der Waals surface area contributed by atoms with Gasteiger partial charge in [-0.1, -0.05) is 25.1 Å². The first-order valence-corrected chi connectivity index (χ1v) is 8.19. The predicted molar refractivity (Wildman–Crippen MR) is 88.6 cm³/mol. The van der Waals surface area contributed by atoms with Crippen LogP contribution in [-0.4, -0.2) is 54.2 Å². The molecule has 1 N–H and O–H groups in total. The summed E-state index contributed by atoms with van der Waals surface area (Å²) in [4.78, 5) is 4.89. The van der Waals surface area contributed by atoms with Crippen molar-refractivity contribution in [3.05, 3.63) is 34.9 Å². The van der Waals surface area contributed by atoms with Gasteiger partial charge in [0.15, 0.2) is 0 Å². The van der Waals surface area contributed by atoms with E-state index in [-0.39, 0.29) is 6.10 Å². The third kappa shape index (κ3) is 4.29. The van der Waals surface area contributed by atoms with Crippen LogP contribution in [0.5, 0.6) is 0 Å². The highest BCUT2D eigenvalue weighted by Gasteiger charge is 2.24. The minimum absolute atomic E-state index is 0.387. The zero-order chi connectivity index (χ0) is 15.4. The standard InChI is InChI=1S/C18H30N2O/c1-5-17-12-19(4)9-6-10-20(17)13-18(21)16-8-7-14(2)15(3)11-16/h7-8,11,17-18,21H,5-6,9-10,12-13H2,1-4H3. The first-order valence-electron chi connectivity index (χ1n) is 8.19. The summed E-state index contributed by atoms with van der Waals surface area (Å²) in [5.74, 6) is 0. The Labute approximate surface area is 129 Å². The van der Waals surface area contributed by atoms with Gasteiger partial charge in [-0.25, -0.2) is 0 Å². The van der Waals surface area contributed by atoms with E-state index >= 15 is 0 Å². The Morgan fingerprint density at radius 2 is 2.00 bits per heavy atom. The third-order valence-corrected chi connectivity index (χ3v) is 4.82. The second-order valence-electron chi connectivity index (χ2n) is 6.53. The third-order valence-electron chi connectivity index (χ3n) is 4.82. The quantitative estimate of drug-likeness (QED) is 0.923. The topological polar surface area (TPSA) is 26.7 Å². The second kappa shape index (κ2) is 7.39. The number of benzene rings is 1. The molecular weight excluding hydrogens is 260 g/mol. The van der Waals surface area contributed by atoms with Gasteiger partial charge in [-0.3, -0.25) is 4.90 Å². The summed E-state index contributed by atoms with van der Waals surface area (Å²) in [6.07, 6.45) is 1.94. The molecule has 1 aliphatic rings. The van der Waals surface area contributed by atoms with Gasteiger partial charge < -0.3 is 10.0 Å². The molecule has 1 aromatic carbocycles. The Morgan fingerprint density at radius 3 is 2.67 bits per heavy atom. The summed E-state index contributed by atoms with van der Waals surface area (Å²) < 4.78 is 0. The van der Waals surface area contributed by atoms with E-state index in [9.17, 15) is 5.11 Å². The molecule has 0 aliphatic carbocycles. The van der Waals surface area contributed by atoms with Crippen LogP contribution in [0, 0.1) is 13.8 Å². The maximum absolute atomic E-state index is 10.6. The number of nitrogens with zero attached hydrogens (tertiary/aromatic N) is 2. The molecule has 0 amide bonds. The smallest absolute Gasteiger partial charge is 0.0917 e. The average Bonchev–Trinajstić information content (AvgIpc) is 2.63. The Morgan fingerprint density at radius 1 is 1.24 bits per heavy atom. The van der Waals surface area contributed by atoms with Crippen molar-refractivity contribution < 1.29 is 5.11 Å². The molecular formula is C18H30N2O. The highest BCUT2D eigenvalue weighted by Crippen LogP contribution is 2.21. The summed E-state index contributed by atoms with van der Waals surface area (Å²) >= 11 is 0. The van der Waals surface area contributed by atoms with Gasteiger partial charge in [0.25, 0.3) is 0 Å². The number of aliphatic hydroxyl groups is 1. The van der Waals surface area contributed by atoms with Crippen LogP contribution in [0.25, 0.3) is 0 Å². The van der Waals surface area contributed by atoms with Crippen LogP contribution in [0.3, 0.4) is 0 Å². The molecule has 118 valence electrons. The van der Waals surface area contributed by atoms with Crippen molar-refractivity contribution >= 4 is 0 Å². The van der Waals surface area contributed by atoms with Crippen molar-refractivity contribution in [1.82, 2.24) is 9.80 Å². The largest absolute Gasteiger partial charge is 0.387 e. The number of β-amino-alcohol motifs (C(OH)–C–C–N with tert-alkyl or cyclic N) is 1. The Kier molecular flexibility index (Phi) is 5.80. The lowest BCUT2D eigenvalue weighted by molar-refractivity contribution is 0.0853. The molecule has 3 heteroatoms. The number of likely N-dealkylation sites (N-methyl/N-ethyl adjacent to an activating group) is 1. The molecule has 3 nitrogen and oxygen atoms in total. The van der Waals surface area contributed by atoms with Crippen molar-refractivity contribution in [3.63, 3.8) is 0 Å². The van der Waals surface area contributed by atoms with E-state index < -0.39 is 0 Å². The van der Waals surface area contributed by atoms with Crippen LogP contribution in [0.15, 0.2) is 18.2 Å². The van der Waals surface area contributed by atoms with E-state index in [1.165, 1.54) is 17.5 Å². The fourth-order valence-electron chi connectivity index (χ4n) is 3.22. The Balaban J connectivity index is 2.05. The highest BCUT2D eigenvalue weighted by molar-refractivity contribution is 5.31. The maximum Gasteiger partial charge on any atom is 0.0917 e. The van der Waals surface area contributed by atoms with Crippen LogP contribution in [0.4, 0.5) is 0 Å². The first kappa shape index (κ1) is 16.5. The van der Waals surface area contributed by atoms with E-state index in [2.05, 4.69) is 55.8 Å². The van der Waals surface area contributed by atoms with Gasteiger partial charge in [-0.2, -0.15) is 0 Å². The van der Waals surface area contributed by atoms with Gasteiger partial charge in [-0.05, 0) is 63.5 Å². The molecule has 0 radical (unpaired) electrons. The molecule has 1 saturated heterocycles. The molecule has 2 rings (SSSR count). The maximum atomic E-state index is 10.6. The van der Waals surface area contributed by atoms with E-state index in [0.29, 0.717) is 6.04 Å². The highest BCUT2D eigenvalue weighted by atomic mass is 16.3. The van der Waals surface area contributed by atoms with Crippen LogP contribution >= 0.6 is 0 Å².